The number of aliphatic hydroxyl groups is 1. The molecule has 0 amide bonds. The molecule has 0 aliphatic carbocycles. The second kappa shape index (κ2) is 8.37. The number of carbonyl (C=O) groups excluding carboxylic acids is 1. The van der Waals surface area contributed by atoms with Crippen LogP contribution in [0.1, 0.15) is 30.4 Å². The zero-order chi connectivity index (χ0) is 17.7. The third-order valence-electron chi connectivity index (χ3n) is 3.34. The molecule has 0 saturated heterocycles. The molecule has 2 aromatic rings. The van der Waals surface area contributed by atoms with Crippen molar-refractivity contribution in [2.24, 2.45) is 0 Å². The predicted molar refractivity (Wildman–Crippen MR) is 90.9 cm³/mol. The van der Waals surface area contributed by atoms with Crippen molar-refractivity contribution in [1.82, 2.24) is 9.55 Å². The summed E-state index contributed by atoms with van der Waals surface area (Å²) >= 11 is 11.8. The van der Waals surface area contributed by atoms with E-state index in [1.54, 1.807) is 36.6 Å². The maximum atomic E-state index is 11.7. The average Bonchev–Trinajstić information content (AvgIpc) is 3.00. The Labute approximate surface area is 149 Å². The van der Waals surface area contributed by atoms with Crippen molar-refractivity contribution in [2.45, 2.75) is 26.0 Å². The molecule has 0 bridgehead atoms. The van der Waals surface area contributed by atoms with Gasteiger partial charge in [-0.25, -0.2) is 9.78 Å². The van der Waals surface area contributed by atoms with Gasteiger partial charge in [-0.15, -0.1) is 0 Å². The van der Waals surface area contributed by atoms with Crippen molar-refractivity contribution in [3.05, 3.63) is 46.5 Å². The van der Waals surface area contributed by atoms with Gasteiger partial charge in [0.15, 0.2) is 5.69 Å². The third kappa shape index (κ3) is 4.63. The smallest absolute Gasteiger partial charge is 0.358 e. The number of aromatic nitrogens is 2. The van der Waals surface area contributed by atoms with Gasteiger partial charge < -0.3 is 19.1 Å². The van der Waals surface area contributed by atoms with E-state index in [-0.39, 0.29) is 18.9 Å². The van der Waals surface area contributed by atoms with Crippen LogP contribution >= 0.6 is 23.2 Å². The summed E-state index contributed by atoms with van der Waals surface area (Å²) < 4.78 is 12.2. The lowest BCUT2D eigenvalue weighted by atomic mass is 10.2. The number of rotatable bonds is 7. The molecule has 1 aromatic heterocycles. The number of aliphatic hydroxyl groups excluding tert-OH is 1. The molecule has 0 spiro atoms. The molecule has 130 valence electrons. The molecule has 2 rings (SSSR count). The molecule has 1 N–H and O–H groups in total. The van der Waals surface area contributed by atoms with Crippen LogP contribution in [-0.4, -0.2) is 39.9 Å². The number of benzene rings is 1. The fraction of sp³-hybridized carbons (Fsp3) is 0.375. The first-order chi connectivity index (χ1) is 11.4. The highest BCUT2D eigenvalue weighted by Crippen LogP contribution is 2.27. The minimum Gasteiger partial charge on any atom is -0.491 e. The number of carbonyl (C=O) groups is 1. The zero-order valence-corrected chi connectivity index (χ0v) is 14.8. The van der Waals surface area contributed by atoms with Crippen LogP contribution in [0.25, 0.3) is 0 Å². The van der Waals surface area contributed by atoms with Gasteiger partial charge in [0.05, 0.1) is 35.1 Å². The van der Waals surface area contributed by atoms with Gasteiger partial charge in [-0.3, -0.25) is 0 Å². The van der Waals surface area contributed by atoms with Gasteiger partial charge in [-0.2, -0.15) is 0 Å². The highest BCUT2D eigenvalue weighted by molar-refractivity contribution is 6.42. The molecule has 0 aliphatic rings. The molecule has 1 aromatic carbocycles. The summed E-state index contributed by atoms with van der Waals surface area (Å²) in [5, 5.41) is 10.8. The van der Waals surface area contributed by atoms with E-state index in [4.69, 9.17) is 32.7 Å². The largest absolute Gasteiger partial charge is 0.491 e. The number of hydrogen-bond donors (Lipinski definition) is 1. The number of hydrogen-bond acceptors (Lipinski definition) is 5. The van der Waals surface area contributed by atoms with Crippen molar-refractivity contribution >= 4 is 29.2 Å². The predicted octanol–water partition coefficient (Wildman–Crippen LogP) is 3.37. The van der Waals surface area contributed by atoms with Gasteiger partial charge in [-0.1, -0.05) is 23.2 Å². The van der Waals surface area contributed by atoms with E-state index in [1.165, 1.54) is 12.5 Å². The van der Waals surface area contributed by atoms with Crippen molar-refractivity contribution in [2.75, 3.05) is 13.2 Å². The molecule has 0 radical (unpaired) electrons. The van der Waals surface area contributed by atoms with Crippen LogP contribution in [0.5, 0.6) is 5.75 Å². The zero-order valence-electron chi connectivity index (χ0n) is 13.3. The Balaban J connectivity index is 2.09. The Morgan fingerprint density at radius 2 is 2.12 bits per heavy atom. The molecule has 8 heteroatoms. The minimum atomic E-state index is -0.725. The van der Waals surface area contributed by atoms with E-state index >= 15 is 0 Å². The van der Waals surface area contributed by atoms with Crippen molar-refractivity contribution in [3.63, 3.8) is 0 Å². The van der Waals surface area contributed by atoms with E-state index in [1.807, 2.05) is 0 Å². The Bertz CT molecular complexity index is 703. The number of nitrogens with zero attached hydrogens (tertiary/aromatic N) is 2. The summed E-state index contributed by atoms with van der Waals surface area (Å²) in [5.74, 6) is 0.0202. The summed E-state index contributed by atoms with van der Waals surface area (Å²) in [6.45, 7) is 3.78. The summed E-state index contributed by atoms with van der Waals surface area (Å²) in [6, 6.07) is 4.48. The van der Waals surface area contributed by atoms with Gasteiger partial charge in [0.25, 0.3) is 0 Å². The maximum absolute atomic E-state index is 11.7. The number of esters is 1. The monoisotopic (exact) mass is 372 g/mol. The van der Waals surface area contributed by atoms with Gasteiger partial charge >= 0.3 is 5.97 Å². The molecule has 6 nitrogen and oxygen atoms in total. The third-order valence-corrected chi connectivity index (χ3v) is 4.08. The lowest BCUT2D eigenvalue weighted by Gasteiger charge is -2.21. The Hall–Kier alpha value is -1.76. The number of imidazole rings is 1. The molecular formula is C16H18Cl2N2O4. The van der Waals surface area contributed by atoms with Crippen LogP contribution in [0.4, 0.5) is 0 Å². The van der Waals surface area contributed by atoms with E-state index in [2.05, 4.69) is 4.98 Å². The van der Waals surface area contributed by atoms with Crippen LogP contribution in [0.15, 0.2) is 30.7 Å². The van der Waals surface area contributed by atoms with E-state index in [9.17, 15) is 9.90 Å². The molecule has 0 unspecified atom stereocenters. The Morgan fingerprint density at radius 3 is 2.75 bits per heavy atom. The summed E-state index contributed by atoms with van der Waals surface area (Å²) in [6.07, 6.45) is 2.26. The topological polar surface area (TPSA) is 73.6 Å². The molecule has 1 heterocycles. The van der Waals surface area contributed by atoms with Gasteiger partial charge in [0.1, 0.15) is 12.4 Å². The summed E-state index contributed by atoms with van der Waals surface area (Å²) in [4.78, 5) is 15.7. The van der Waals surface area contributed by atoms with E-state index in [0.717, 1.165) is 0 Å². The fourth-order valence-corrected chi connectivity index (χ4v) is 2.34. The molecule has 0 fully saturated rings. The quantitative estimate of drug-likeness (QED) is 0.754. The van der Waals surface area contributed by atoms with Crippen LogP contribution < -0.4 is 4.74 Å². The first kappa shape index (κ1) is 18.6. The molecule has 0 aliphatic heterocycles. The van der Waals surface area contributed by atoms with Crippen molar-refractivity contribution in [1.29, 1.82) is 0 Å². The summed E-state index contributed by atoms with van der Waals surface area (Å²) in [7, 11) is 0. The highest BCUT2D eigenvalue weighted by atomic mass is 35.5. The van der Waals surface area contributed by atoms with Gasteiger partial charge in [0.2, 0.25) is 0 Å². The summed E-state index contributed by atoms with van der Waals surface area (Å²) in [5.41, 5.74) is 0.178. The van der Waals surface area contributed by atoms with Crippen molar-refractivity contribution in [3.8, 4) is 5.75 Å². The maximum Gasteiger partial charge on any atom is 0.358 e. The standard InChI is InChI=1S/C16H18Cl2N2O4/c1-3-23-16(22)14-7-20(9-19-14)15(10(2)21)8-24-11-4-5-12(17)13(18)6-11/h4-7,9-10,15,21H,3,8H2,1-2H3/t10-,15+/m0/s1. The van der Waals surface area contributed by atoms with Crippen molar-refractivity contribution < 1.29 is 19.4 Å². The van der Waals surface area contributed by atoms with Crippen LogP contribution in [0, 0.1) is 0 Å². The molecule has 0 saturated carbocycles. The van der Waals surface area contributed by atoms with Crippen LogP contribution in [-0.2, 0) is 4.74 Å². The van der Waals surface area contributed by atoms with Crippen LogP contribution in [0.2, 0.25) is 10.0 Å². The van der Waals surface area contributed by atoms with E-state index in [0.29, 0.717) is 15.8 Å². The average molecular weight is 373 g/mol. The van der Waals surface area contributed by atoms with Gasteiger partial charge in [0, 0.05) is 12.3 Å². The first-order valence-electron chi connectivity index (χ1n) is 7.39. The Morgan fingerprint density at radius 1 is 1.38 bits per heavy atom. The minimum absolute atomic E-state index is 0.161. The normalized spacial score (nSPS) is 13.4. The Kier molecular flexibility index (Phi) is 6.48. The van der Waals surface area contributed by atoms with Gasteiger partial charge in [-0.05, 0) is 26.0 Å². The van der Waals surface area contributed by atoms with Crippen LogP contribution in [0.3, 0.4) is 0 Å². The lowest BCUT2D eigenvalue weighted by molar-refractivity contribution is 0.0518. The fourth-order valence-electron chi connectivity index (χ4n) is 2.05. The molecular weight excluding hydrogens is 355 g/mol. The van der Waals surface area contributed by atoms with E-state index < -0.39 is 18.1 Å². The second-order valence-electron chi connectivity index (χ2n) is 5.12. The second-order valence-corrected chi connectivity index (χ2v) is 5.94. The molecule has 2 atom stereocenters. The highest BCUT2D eigenvalue weighted by Gasteiger charge is 2.20. The first-order valence-corrected chi connectivity index (χ1v) is 8.14. The molecule has 24 heavy (non-hydrogen) atoms. The number of ether oxygens (including phenoxy) is 2. The lowest BCUT2D eigenvalue weighted by Crippen LogP contribution is -2.26. The SMILES string of the molecule is CCOC(=O)c1cn([C@H](COc2ccc(Cl)c(Cl)c2)[C@H](C)O)cn1. The number of halogens is 2.